The maximum Gasteiger partial charge on any atom is 0.426 e. The number of benzene rings is 2. The van der Waals surface area contributed by atoms with E-state index in [1.807, 2.05) is 0 Å². The summed E-state index contributed by atoms with van der Waals surface area (Å²) in [6.07, 6.45) is -2.51. The van der Waals surface area contributed by atoms with Gasteiger partial charge in [-0.2, -0.15) is 22.0 Å². The van der Waals surface area contributed by atoms with Crippen molar-refractivity contribution < 1.29 is 26.7 Å². The zero-order chi connectivity index (χ0) is 20.4. The van der Waals surface area contributed by atoms with Gasteiger partial charge in [-0.25, -0.2) is 0 Å². The summed E-state index contributed by atoms with van der Waals surface area (Å²) in [7, 11) is 0. The van der Waals surface area contributed by atoms with Gasteiger partial charge in [0.25, 0.3) is 0 Å². The van der Waals surface area contributed by atoms with Gasteiger partial charge in [-0.1, -0.05) is 25.5 Å². The maximum absolute atomic E-state index is 14.4. The smallest absolute Gasteiger partial charge is 0.426 e. The second-order valence-corrected chi connectivity index (χ2v) is 7.39. The summed E-state index contributed by atoms with van der Waals surface area (Å²) in [5.41, 5.74) is -0.188. The van der Waals surface area contributed by atoms with Crippen LogP contribution in [0.1, 0.15) is 61.6 Å². The van der Waals surface area contributed by atoms with Gasteiger partial charge in [-0.3, -0.25) is 0 Å². The van der Waals surface area contributed by atoms with Gasteiger partial charge in [-0.05, 0) is 79.5 Å². The van der Waals surface area contributed by atoms with Crippen molar-refractivity contribution in [3.63, 3.8) is 0 Å². The van der Waals surface area contributed by atoms with Gasteiger partial charge in [0.15, 0.2) is 0 Å². The molecule has 2 aromatic rings. The fraction of sp³-hybridized carbons (Fsp3) is 0.455. The molecule has 0 atom stereocenters. The molecule has 3 rings (SSSR count). The Labute approximate surface area is 161 Å². The molecular formula is C22H23F5O. The highest BCUT2D eigenvalue weighted by molar-refractivity contribution is 5.31. The van der Waals surface area contributed by atoms with Crippen molar-refractivity contribution in [2.75, 3.05) is 0 Å². The molecule has 0 unspecified atom stereocenters. The Morgan fingerprint density at radius 3 is 1.82 bits per heavy atom. The molecule has 0 amide bonds. The molecule has 0 aromatic heterocycles. The van der Waals surface area contributed by atoms with E-state index in [0.29, 0.717) is 5.92 Å². The summed E-state index contributed by atoms with van der Waals surface area (Å²) in [5.74, 6) is 0.832. The van der Waals surface area contributed by atoms with E-state index in [1.54, 1.807) is 12.1 Å². The fourth-order valence-electron chi connectivity index (χ4n) is 3.77. The first-order valence-electron chi connectivity index (χ1n) is 9.53. The first-order valence-corrected chi connectivity index (χ1v) is 9.53. The van der Waals surface area contributed by atoms with E-state index < -0.39 is 17.8 Å². The van der Waals surface area contributed by atoms with Crippen LogP contribution in [-0.2, 0) is 12.3 Å². The van der Waals surface area contributed by atoms with Crippen LogP contribution in [0.15, 0.2) is 48.5 Å². The van der Waals surface area contributed by atoms with Crippen LogP contribution in [0, 0.1) is 5.92 Å². The van der Waals surface area contributed by atoms with Crippen molar-refractivity contribution in [2.45, 2.75) is 57.2 Å². The van der Waals surface area contributed by atoms with Gasteiger partial charge in [0.05, 0.1) is 11.1 Å². The molecule has 1 nitrogen and oxygen atoms in total. The number of hydrogen-bond donors (Lipinski definition) is 0. The number of halogens is 5. The lowest BCUT2D eigenvalue weighted by Gasteiger charge is -2.28. The van der Waals surface area contributed by atoms with E-state index in [-0.39, 0.29) is 11.3 Å². The van der Waals surface area contributed by atoms with Crippen molar-refractivity contribution >= 4 is 0 Å². The number of alkyl halides is 5. The zero-order valence-corrected chi connectivity index (χ0v) is 15.6. The molecule has 0 spiro atoms. The molecule has 6 heteroatoms. The molecule has 0 aliphatic heterocycles. The standard InChI is InChI=1S/C22H23F5O/c1-2-15-3-5-16(6-4-15)17-7-9-19(10-8-17)22(26,27)28-20-13-11-18(12-14-20)21(23,24)25/h7-16H,2-6H2,1H3/t15-,16-. The van der Waals surface area contributed by atoms with E-state index in [2.05, 4.69) is 11.7 Å². The van der Waals surface area contributed by atoms with Crippen LogP contribution < -0.4 is 4.74 Å². The second kappa shape index (κ2) is 8.10. The average Bonchev–Trinajstić information content (AvgIpc) is 2.67. The second-order valence-electron chi connectivity index (χ2n) is 7.39. The largest absolute Gasteiger partial charge is 0.429 e. The summed E-state index contributed by atoms with van der Waals surface area (Å²) in [5, 5.41) is 0. The molecule has 0 bridgehead atoms. The molecule has 0 N–H and O–H groups in total. The van der Waals surface area contributed by atoms with Crippen molar-refractivity contribution in [3.8, 4) is 5.75 Å². The predicted octanol–water partition coefficient (Wildman–Crippen LogP) is 7.52. The van der Waals surface area contributed by atoms with E-state index in [1.165, 1.54) is 18.6 Å². The Bertz CT molecular complexity index is 757. The lowest BCUT2D eigenvalue weighted by Crippen LogP contribution is -2.22. The molecule has 2 aromatic carbocycles. The van der Waals surface area contributed by atoms with Gasteiger partial charge in [-0.15, -0.1) is 0 Å². The highest BCUT2D eigenvalue weighted by Crippen LogP contribution is 2.39. The summed E-state index contributed by atoms with van der Waals surface area (Å²) in [4.78, 5) is 0. The third-order valence-electron chi connectivity index (χ3n) is 5.57. The molecule has 1 aliphatic carbocycles. The van der Waals surface area contributed by atoms with Gasteiger partial charge in [0.1, 0.15) is 5.75 Å². The molecule has 28 heavy (non-hydrogen) atoms. The van der Waals surface area contributed by atoms with Crippen molar-refractivity contribution in [2.24, 2.45) is 5.92 Å². The third-order valence-corrected chi connectivity index (χ3v) is 5.57. The fourth-order valence-corrected chi connectivity index (χ4v) is 3.77. The van der Waals surface area contributed by atoms with Gasteiger partial charge < -0.3 is 4.74 Å². The number of rotatable bonds is 5. The highest BCUT2D eigenvalue weighted by Gasteiger charge is 2.35. The highest BCUT2D eigenvalue weighted by atomic mass is 19.4. The minimum Gasteiger partial charge on any atom is -0.429 e. The lowest BCUT2D eigenvalue weighted by atomic mass is 9.78. The molecular weight excluding hydrogens is 375 g/mol. The zero-order valence-electron chi connectivity index (χ0n) is 15.6. The number of hydrogen-bond acceptors (Lipinski definition) is 1. The van der Waals surface area contributed by atoms with Crippen LogP contribution in [0.2, 0.25) is 0 Å². The molecule has 152 valence electrons. The van der Waals surface area contributed by atoms with Crippen LogP contribution in [-0.4, -0.2) is 0 Å². The van der Waals surface area contributed by atoms with E-state index in [9.17, 15) is 22.0 Å². The summed E-state index contributed by atoms with van der Waals surface area (Å²) in [6.45, 7) is 2.19. The van der Waals surface area contributed by atoms with E-state index in [0.717, 1.165) is 61.4 Å². The average molecular weight is 398 g/mol. The van der Waals surface area contributed by atoms with Crippen LogP contribution >= 0.6 is 0 Å². The Kier molecular flexibility index (Phi) is 5.96. The molecule has 1 saturated carbocycles. The normalized spacial score (nSPS) is 20.8. The van der Waals surface area contributed by atoms with E-state index in [4.69, 9.17) is 0 Å². The first kappa shape index (κ1) is 20.6. The molecule has 1 aliphatic rings. The van der Waals surface area contributed by atoms with Crippen LogP contribution in [0.25, 0.3) is 0 Å². The van der Waals surface area contributed by atoms with Gasteiger partial charge in [0.2, 0.25) is 0 Å². The van der Waals surface area contributed by atoms with Crippen molar-refractivity contribution in [1.82, 2.24) is 0 Å². The first-order chi connectivity index (χ1) is 13.2. The summed E-state index contributed by atoms with van der Waals surface area (Å²) in [6, 6.07) is 9.33. The minimum atomic E-state index is -4.52. The summed E-state index contributed by atoms with van der Waals surface area (Å²) >= 11 is 0. The Balaban J connectivity index is 1.67. The topological polar surface area (TPSA) is 9.23 Å². The van der Waals surface area contributed by atoms with Crippen molar-refractivity contribution in [3.05, 3.63) is 65.2 Å². The van der Waals surface area contributed by atoms with Gasteiger partial charge >= 0.3 is 12.3 Å². The maximum atomic E-state index is 14.4. The monoisotopic (exact) mass is 398 g/mol. The SMILES string of the molecule is CC[C@H]1CC[C@H](c2ccc(C(F)(F)Oc3ccc(C(F)(F)F)cc3)cc2)CC1. The van der Waals surface area contributed by atoms with Crippen LogP contribution in [0.5, 0.6) is 5.75 Å². The number of ether oxygens (including phenoxy) is 1. The quantitative estimate of drug-likeness (QED) is 0.473. The molecule has 0 radical (unpaired) electrons. The summed E-state index contributed by atoms with van der Waals surface area (Å²) < 4.78 is 71.2. The molecule has 0 saturated heterocycles. The minimum absolute atomic E-state index is 0.319. The van der Waals surface area contributed by atoms with Gasteiger partial charge in [0, 0.05) is 0 Å². The molecule has 1 fully saturated rings. The molecule has 0 heterocycles. The lowest BCUT2D eigenvalue weighted by molar-refractivity contribution is -0.185. The van der Waals surface area contributed by atoms with Crippen molar-refractivity contribution in [1.29, 1.82) is 0 Å². The van der Waals surface area contributed by atoms with E-state index >= 15 is 0 Å². The Morgan fingerprint density at radius 1 is 0.786 bits per heavy atom. The predicted molar refractivity (Wildman–Crippen MR) is 97.4 cm³/mol. The Hall–Kier alpha value is -2.11. The van der Waals surface area contributed by atoms with Crippen LogP contribution in [0.3, 0.4) is 0 Å². The Morgan fingerprint density at radius 2 is 1.32 bits per heavy atom. The third kappa shape index (κ3) is 4.83. The van der Waals surface area contributed by atoms with Crippen LogP contribution in [0.4, 0.5) is 22.0 Å².